The molecule has 2 rings (SSSR count). The molecule has 1 heterocycles. The molecule has 0 amide bonds. The third kappa shape index (κ3) is 8.41. The Bertz CT molecular complexity index is 566. The number of nitrogens with one attached hydrogen (secondary N) is 3. The zero-order valence-electron chi connectivity index (χ0n) is 17.2. The number of aliphatic imine (C=N–C) groups is 1. The van der Waals surface area contributed by atoms with Crippen molar-refractivity contribution in [1.29, 1.82) is 0 Å². The van der Waals surface area contributed by atoms with Crippen LogP contribution in [0.1, 0.15) is 47.0 Å². The first-order chi connectivity index (χ1) is 12.3. The average molecular weight is 516 g/mol. The quantitative estimate of drug-likeness (QED) is 0.247. The van der Waals surface area contributed by atoms with Crippen LogP contribution in [0.25, 0.3) is 0 Å². The summed E-state index contributed by atoms with van der Waals surface area (Å²) in [6.07, 6.45) is 3.51. The second-order valence-corrected chi connectivity index (χ2v) is 9.93. The highest BCUT2D eigenvalue weighted by molar-refractivity contribution is 14.0. The van der Waals surface area contributed by atoms with Gasteiger partial charge < -0.3 is 10.6 Å². The number of sulfonamides is 1. The number of nitrogens with zero attached hydrogens (tertiary/aromatic N) is 2. The minimum Gasteiger partial charge on any atom is -0.357 e. The lowest BCUT2D eigenvalue weighted by atomic mass is 9.86. The van der Waals surface area contributed by atoms with Crippen LogP contribution in [-0.4, -0.2) is 69.8 Å². The summed E-state index contributed by atoms with van der Waals surface area (Å²) in [5.41, 5.74) is 0. The van der Waals surface area contributed by atoms with Crippen molar-refractivity contribution in [3.05, 3.63) is 0 Å². The van der Waals surface area contributed by atoms with Gasteiger partial charge in [0.05, 0.1) is 12.3 Å². The van der Waals surface area contributed by atoms with Gasteiger partial charge in [0.15, 0.2) is 5.96 Å². The molecule has 1 saturated heterocycles. The summed E-state index contributed by atoms with van der Waals surface area (Å²) < 4.78 is 26.9. The maximum absolute atomic E-state index is 12.1. The van der Waals surface area contributed by atoms with Crippen LogP contribution >= 0.6 is 24.0 Å². The van der Waals surface area contributed by atoms with Gasteiger partial charge in [-0.25, -0.2) is 13.1 Å². The van der Waals surface area contributed by atoms with Crippen molar-refractivity contribution in [2.45, 2.75) is 59.0 Å². The number of likely N-dealkylation sites (tertiary alicyclic amines) is 1. The van der Waals surface area contributed by atoms with Crippen LogP contribution in [0.3, 0.4) is 0 Å². The lowest BCUT2D eigenvalue weighted by molar-refractivity contribution is 0.265. The van der Waals surface area contributed by atoms with Crippen molar-refractivity contribution in [2.24, 2.45) is 16.8 Å². The average Bonchev–Trinajstić information content (AvgIpc) is 2.87. The summed E-state index contributed by atoms with van der Waals surface area (Å²) in [6.45, 7) is 12.4. The Kier molecular flexibility index (Phi) is 10.9. The minimum atomic E-state index is -3.24. The van der Waals surface area contributed by atoms with E-state index in [4.69, 9.17) is 0 Å². The van der Waals surface area contributed by atoms with E-state index in [9.17, 15) is 8.42 Å². The number of rotatable bonds is 9. The highest BCUT2D eigenvalue weighted by atomic mass is 127. The minimum absolute atomic E-state index is 0. The standard InChI is InChI=1S/C18H37N5O2S.HI/c1-5-19-18(22-17-13-23(14(2)3)12-15(17)4)20-9-10-26(24,25)21-11-16-7-6-8-16;/h14-17,21H,5-13H2,1-4H3,(H2,19,20,22);1H. The van der Waals surface area contributed by atoms with Crippen LogP contribution in [0.15, 0.2) is 4.99 Å². The first-order valence-corrected chi connectivity index (χ1v) is 11.7. The molecule has 0 spiro atoms. The van der Waals surface area contributed by atoms with Crippen LogP contribution in [0.2, 0.25) is 0 Å². The van der Waals surface area contributed by atoms with Gasteiger partial charge in [-0.15, -0.1) is 24.0 Å². The van der Waals surface area contributed by atoms with Crippen LogP contribution in [0.4, 0.5) is 0 Å². The van der Waals surface area contributed by atoms with Crippen molar-refractivity contribution in [3.8, 4) is 0 Å². The molecular weight excluding hydrogens is 477 g/mol. The molecule has 160 valence electrons. The monoisotopic (exact) mass is 515 g/mol. The number of halogens is 1. The van der Waals surface area contributed by atoms with Gasteiger partial charge in [0.1, 0.15) is 0 Å². The van der Waals surface area contributed by atoms with Gasteiger partial charge in [0.2, 0.25) is 10.0 Å². The molecule has 1 saturated carbocycles. The Hall–Kier alpha value is -0.130. The lowest BCUT2D eigenvalue weighted by Gasteiger charge is -2.25. The van der Waals surface area contributed by atoms with Crippen LogP contribution in [0.5, 0.6) is 0 Å². The van der Waals surface area contributed by atoms with Crippen molar-refractivity contribution < 1.29 is 8.42 Å². The van der Waals surface area contributed by atoms with Gasteiger partial charge >= 0.3 is 0 Å². The van der Waals surface area contributed by atoms with E-state index in [2.05, 4.69) is 46.0 Å². The topological polar surface area (TPSA) is 85.8 Å². The largest absolute Gasteiger partial charge is 0.357 e. The predicted molar refractivity (Wildman–Crippen MR) is 123 cm³/mol. The van der Waals surface area contributed by atoms with E-state index < -0.39 is 10.0 Å². The van der Waals surface area contributed by atoms with Crippen molar-refractivity contribution >= 4 is 40.0 Å². The SMILES string of the molecule is CCNC(=NCCS(=O)(=O)NCC1CCC1)NC1CN(C(C)C)CC1C.I. The van der Waals surface area contributed by atoms with Gasteiger partial charge in [-0.2, -0.15) is 0 Å². The summed E-state index contributed by atoms with van der Waals surface area (Å²) in [4.78, 5) is 6.94. The maximum atomic E-state index is 12.1. The van der Waals surface area contributed by atoms with E-state index in [1.807, 2.05) is 6.92 Å². The van der Waals surface area contributed by atoms with E-state index in [0.717, 1.165) is 32.5 Å². The maximum Gasteiger partial charge on any atom is 0.213 e. The second-order valence-electron chi connectivity index (χ2n) is 8.00. The zero-order chi connectivity index (χ0) is 19.2. The number of hydrogen-bond acceptors (Lipinski definition) is 4. The summed E-state index contributed by atoms with van der Waals surface area (Å²) in [5.74, 6) is 1.81. The highest BCUT2D eigenvalue weighted by Gasteiger charge is 2.31. The number of guanidine groups is 1. The molecule has 0 aromatic heterocycles. The van der Waals surface area contributed by atoms with E-state index in [1.165, 1.54) is 6.42 Å². The summed E-state index contributed by atoms with van der Waals surface area (Å²) in [5, 5.41) is 6.72. The lowest BCUT2D eigenvalue weighted by Crippen LogP contribution is -2.47. The van der Waals surface area contributed by atoms with Gasteiger partial charge in [0, 0.05) is 38.3 Å². The molecule has 1 aliphatic carbocycles. The normalized spacial score (nSPS) is 24.6. The van der Waals surface area contributed by atoms with Gasteiger partial charge in [-0.05, 0) is 45.4 Å². The van der Waals surface area contributed by atoms with Crippen molar-refractivity contribution in [3.63, 3.8) is 0 Å². The smallest absolute Gasteiger partial charge is 0.213 e. The highest BCUT2D eigenvalue weighted by Crippen LogP contribution is 2.25. The molecule has 3 N–H and O–H groups in total. The van der Waals surface area contributed by atoms with Gasteiger partial charge in [-0.1, -0.05) is 13.3 Å². The van der Waals surface area contributed by atoms with Crippen molar-refractivity contribution in [2.75, 3.05) is 38.5 Å². The Morgan fingerprint density at radius 1 is 1.26 bits per heavy atom. The third-order valence-electron chi connectivity index (χ3n) is 5.48. The fourth-order valence-corrected chi connectivity index (χ4v) is 4.37. The molecule has 0 bridgehead atoms. The van der Waals surface area contributed by atoms with E-state index >= 15 is 0 Å². The molecule has 2 fully saturated rings. The molecule has 2 unspecified atom stereocenters. The first-order valence-electron chi connectivity index (χ1n) is 10.1. The Labute approximate surface area is 182 Å². The fraction of sp³-hybridized carbons (Fsp3) is 0.944. The molecular formula is C18H38IN5O2S. The second kappa shape index (κ2) is 11.8. The van der Waals surface area contributed by atoms with E-state index in [0.29, 0.717) is 36.4 Å². The van der Waals surface area contributed by atoms with Gasteiger partial charge in [-0.3, -0.25) is 9.89 Å². The molecule has 0 radical (unpaired) electrons. The summed E-state index contributed by atoms with van der Waals surface area (Å²) >= 11 is 0. The fourth-order valence-electron chi connectivity index (χ4n) is 3.40. The Morgan fingerprint density at radius 2 is 1.96 bits per heavy atom. The summed E-state index contributed by atoms with van der Waals surface area (Å²) in [6, 6.07) is 0.874. The number of hydrogen-bond donors (Lipinski definition) is 3. The Balaban J connectivity index is 0.00000364. The molecule has 0 aromatic rings. The molecule has 27 heavy (non-hydrogen) atoms. The van der Waals surface area contributed by atoms with Crippen LogP contribution in [-0.2, 0) is 10.0 Å². The van der Waals surface area contributed by atoms with Crippen LogP contribution in [0, 0.1) is 11.8 Å². The molecule has 7 nitrogen and oxygen atoms in total. The van der Waals surface area contributed by atoms with Gasteiger partial charge in [0.25, 0.3) is 0 Å². The van der Waals surface area contributed by atoms with E-state index in [1.54, 1.807) is 0 Å². The predicted octanol–water partition coefficient (Wildman–Crippen LogP) is 1.61. The van der Waals surface area contributed by atoms with E-state index in [-0.39, 0.29) is 36.3 Å². The third-order valence-corrected chi connectivity index (χ3v) is 6.81. The van der Waals surface area contributed by atoms with Crippen molar-refractivity contribution in [1.82, 2.24) is 20.3 Å². The molecule has 1 aliphatic heterocycles. The molecule has 0 aromatic carbocycles. The first kappa shape index (κ1) is 24.9. The molecule has 2 atom stereocenters. The Morgan fingerprint density at radius 3 is 2.48 bits per heavy atom. The molecule has 2 aliphatic rings. The summed E-state index contributed by atoms with van der Waals surface area (Å²) in [7, 11) is -3.24. The molecule has 9 heteroatoms. The van der Waals surface area contributed by atoms with Crippen LogP contribution < -0.4 is 15.4 Å². The zero-order valence-corrected chi connectivity index (χ0v) is 20.3.